The minimum atomic E-state index is -4.58. The molecule has 4 aromatic rings. The quantitative estimate of drug-likeness (QED) is 0.125. The fraction of sp³-hybridized carbons (Fsp3) is 0.154. The fourth-order valence-corrected chi connectivity index (χ4v) is 9.61. The number of carbonyl (C=O) groups excluding carboxylic acids is 1. The van der Waals surface area contributed by atoms with Crippen LogP contribution in [0.4, 0.5) is 26.3 Å². The second kappa shape index (κ2) is 14.1. The van der Waals surface area contributed by atoms with Gasteiger partial charge in [0, 0.05) is 11.8 Å². The van der Waals surface area contributed by atoms with Gasteiger partial charge in [-0.15, -0.1) is 0 Å². The van der Waals surface area contributed by atoms with Crippen molar-refractivity contribution >= 4 is 27.6 Å². The Labute approximate surface area is 281 Å². The van der Waals surface area contributed by atoms with Crippen molar-refractivity contribution in [3.8, 4) is 0 Å². The van der Waals surface area contributed by atoms with Crippen LogP contribution >= 0.6 is 21.8 Å². The van der Waals surface area contributed by atoms with E-state index in [1.807, 2.05) is 45.9 Å². The molecule has 0 saturated heterocycles. The molecule has 0 spiro atoms. The van der Waals surface area contributed by atoms with E-state index in [2.05, 4.69) is 0 Å². The van der Waals surface area contributed by atoms with Crippen molar-refractivity contribution in [1.82, 2.24) is 0 Å². The molecule has 0 bridgehead atoms. The summed E-state index contributed by atoms with van der Waals surface area (Å²) in [6.07, 6.45) is -1.71. The fourth-order valence-electron chi connectivity index (χ4n) is 6.16. The standard InChI is InChI=1S/C39H32F6OS2/c40-38(41,42)31-15-17-35(47-19-7-8-20-47)29(23-31)25-33(27-11-3-1-4-12-27)37(46)34(28-13-5-2-6-14-28)26-30-24-32(39(43,44)45)16-18-36(30)48-21-9-10-22-48/h1-24,33-34,47-48H,25-26H2. The van der Waals surface area contributed by atoms with E-state index in [-0.39, 0.29) is 18.6 Å². The van der Waals surface area contributed by atoms with E-state index in [1.165, 1.54) is 12.1 Å². The number of hydrogen-bond acceptors (Lipinski definition) is 1. The van der Waals surface area contributed by atoms with Gasteiger partial charge in [-0.1, -0.05) is 85.0 Å². The molecule has 2 heterocycles. The van der Waals surface area contributed by atoms with E-state index >= 15 is 0 Å². The summed E-state index contributed by atoms with van der Waals surface area (Å²) in [5.41, 5.74) is 0.516. The van der Waals surface area contributed by atoms with Gasteiger partial charge >= 0.3 is 12.4 Å². The molecule has 1 nitrogen and oxygen atoms in total. The second-order valence-corrected chi connectivity index (χ2v) is 15.4. The van der Waals surface area contributed by atoms with Crippen LogP contribution < -0.4 is 0 Å². The van der Waals surface area contributed by atoms with Crippen LogP contribution in [-0.2, 0) is 30.0 Å². The predicted octanol–water partition coefficient (Wildman–Crippen LogP) is 11.4. The van der Waals surface area contributed by atoms with Gasteiger partial charge in [0.05, 0.1) is 11.1 Å². The van der Waals surface area contributed by atoms with Crippen LogP contribution in [0.25, 0.3) is 0 Å². The lowest BCUT2D eigenvalue weighted by Gasteiger charge is -2.27. The summed E-state index contributed by atoms with van der Waals surface area (Å²) in [5.74, 6) is -2.00. The van der Waals surface area contributed by atoms with Gasteiger partial charge in [0.15, 0.2) is 0 Å². The molecule has 2 unspecified atom stereocenters. The third kappa shape index (κ3) is 7.58. The molecule has 2 aliphatic heterocycles. The zero-order valence-corrected chi connectivity index (χ0v) is 27.3. The van der Waals surface area contributed by atoms with Crippen molar-refractivity contribution in [1.29, 1.82) is 0 Å². The largest absolute Gasteiger partial charge is 0.416 e. The van der Waals surface area contributed by atoms with Crippen molar-refractivity contribution < 1.29 is 31.1 Å². The van der Waals surface area contributed by atoms with E-state index in [0.29, 0.717) is 22.3 Å². The van der Waals surface area contributed by atoms with Gasteiger partial charge in [0.2, 0.25) is 0 Å². The van der Waals surface area contributed by atoms with Crippen LogP contribution in [0, 0.1) is 0 Å². The molecule has 48 heavy (non-hydrogen) atoms. The van der Waals surface area contributed by atoms with Gasteiger partial charge in [0.1, 0.15) is 5.78 Å². The van der Waals surface area contributed by atoms with Crippen molar-refractivity contribution in [2.24, 2.45) is 0 Å². The van der Waals surface area contributed by atoms with Crippen LogP contribution in [-0.4, -0.2) is 5.78 Å². The molecule has 0 saturated carbocycles. The second-order valence-electron chi connectivity index (χ2n) is 11.6. The summed E-state index contributed by atoms with van der Waals surface area (Å²) in [4.78, 5) is 16.5. The first-order valence-electron chi connectivity index (χ1n) is 15.3. The van der Waals surface area contributed by atoms with E-state index in [9.17, 15) is 31.1 Å². The molecule has 2 atom stereocenters. The van der Waals surface area contributed by atoms with Crippen molar-refractivity contribution in [3.05, 3.63) is 176 Å². The molecule has 0 N–H and O–H groups in total. The number of alkyl halides is 6. The Hall–Kier alpha value is -4.21. The smallest absolute Gasteiger partial charge is 0.298 e. The molecule has 0 aliphatic carbocycles. The van der Waals surface area contributed by atoms with Crippen molar-refractivity contribution in [2.45, 2.75) is 46.8 Å². The highest BCUT2D eigenvalue weighted by Crippen LogP contribution is 2.48. The maximum absolute atomic E-state index is 15.0. The Morgan fingerprint density at radius 3 is 1.21 bits per heavy atom. The number of allylic oxidation sites excluding steroid dienone is 4. The summed E-state index contributed by atoms with van der Waals surface area (Å²) in [6, 6.07) is 25.3. The zero-order chi connectivity index (χ0) is 33.9. The van der Waals surface area contributed by atoms with E-state index in [0.717, 1.165) is 34.1 Å². The average Bonchev–Trinajstić information content (AvgIpc) is 3.81. The SMILES string of the molecule is O=C(C(Cc1cc(C(F)(F)F)ccc1[SH]1C=CC=C1)c1ccccc1)C(Cc1cc(C(F)(F)F)ccc1[SH]1C=CC=C1)c1ccccc1. The topological polar surface area (TPSA) is 17.1 Å². The van der Waals surface area contributed by atoms with Crippen molar-refractivity contribution in [3.63, 3.8) is 0 Å². The third-order valence-electron chi connectivity index (χ3n) is 8.52. The first-order valence-corrected chi connectivity index (χ1v) is 18.3. The summed E-state index contributed by atoms with van der Waals surface area (Å²) in [5, 5.41) is 7.82. The highest BCUT2D eigenvalue weighted by atomic mass is 32.2. The Kier molecular flexibility index (Phi) is 9.90. The molecule has 0 radical (unpaired) electrons. The van der Waals surface area contributed by atoms with Crippen LogP contribution in [0.5, 0.6) is 0 Å². The molecule has 9 heteroatoms. The average molecular weight is 695 g/mol. The highest BCUT2D eigenvalue weighted by Gasteiger charge is 2.36. The molecular formula is C39H32F6OS2. The van der Waals surface area contributed by atoms with Crippen LogP contribution in [0.1, 0.15) is 45.2 Å². The van der Waals surface area contributed by atoms with Gasteiger partial charge in [-0.05, 0) is 103 Å². The lowest BCUT2D eigenvalue weighted by atomic mass is 9.78. The lowest BCUT2D eigenvalue weighted by Crippen LogP contribution is -2.25. The monoisotopic (exact) mass is 694 g/mol. The van der Waals surface area contributed by atoms with E-state index in [4.69, 9.17) is 0 Å². The number of Topliss-reactive ketones (excluding diaryl/α,β-unsaturated/α-hetero) is 1. The van der Waals surface area contributed by atoms with Gasteiger partial charge in [-0.25, -0.2) is 0 Å². The van der Waals surface area contributed by atoms with Gasteiger partial charge in [-0.3, -0.25) is 4.79 Å². The Morgan fingerprint density at radius 2 is 0.875 bits per heavy atom. The molecular weight excluding hydrogens is 663 g/mol. The van der Waals surface area contributed by atoms with Gasteiger partial charge in [-0.2, -0.15) is 48.1 Å². The Bertz CT molecular complexity index is 1730. The number of ketones is 1. The summed E-state index contributed by atoms with van der Waals surface area (Å²) >= 11 is 0. The summed E-state index contributed by atoms with van der Waals surface area (Å²) < 4.78 is 84.0. The molecule has 0 aromatic heterocycles. The molecule has 0 fully saturated rings. The van der Waals surface area contributed by atoms with Crippen LogP contribution in [0.2, 0.25) is 0 Å². The van der Waals surface area contributed by atoms with E-state index < -0.39 is 57.1 Å². The minimum Gasteiger partial charge on any atom is -0.298 e. The van der Waals surface area contributed by atoms with Crippen LogP contribution in [0.3, 0.4) is 0 Å². The Morgan fingerprint density at radius 1 is 0.521 bits per heavy atom. The summed E-state index contributed by atoms with van der Waals surface area (Å²) in [7, 11) is -2.02. The van der Waals surface area contributed by atoms with E-state index in [1.54, 1.807) is 60.7 Å². The number of rotatable bonds is 10. The normalized spacial score (nSPS) is 16.9. The molecule has 6 rings (SSSR count). The first kappa shape index (κ1) is 33.7. The maximum Gasteiger partial charge on any atom is 0.416 e. The third-order valence-corrected chi connectivity index (χ3v) is 12.5. The van der Waals surface area contributed by atoms with Crippen molar-refractivity contribution in [2.75, 3.05) is 0 Å². The van der Waals surface area contributed by atoms with Gasteiger partial charge < -0.3 is 0 Å². The number of thiol groups is 2. The number of carbonyl (C=O) groups is 1. The number of halogens is 6. The van der Waals surface area contributed by atoms with Gasteiger partial charge in [0.25, 0.3) is 0 Å². The Balaban J connectivity index is 1.47. The molecule has 4 aromatic carbocycles. The summed E-state index contributed by atoms with van der Waals surface area (Å²) in [6.45, 7) is 0. The molecule has 0 amide bonds. The minimum absolute atomic E-state index is 0.000418. The zero-order valence-electron chi connectivity index (χ0n) is 25.5. The highest BCUT2D eigenvalue weighted by molar-refractivity contribution is 8.22. The predicted molar refractivity (Wildman–Crippen MR) is 185 cm³/mol. The maximum atomic E-state index is 15.0. The van der Waals surface area contributed by atoms with Crippen LogP contribution in [0.15, 0.2) is 153 Å². The number of benzene rings is 4. The lowest BCUT2D eigenvalue weighted by molar-refractivity contribution is -0.138. The molecule has 2 aliphatic rings. The molecule has 248 valence electrons. The number of hydrogen-bond donors (Lipinski definition) is 2. The first-order chi connectivity index (χ1) is 23.0.